The molecule has 1 atom stereocenters. The third-order valence-corrected chi connectivity index (χ3v) is 8.89. The van der Waals surface area contributed by atoms with Gasteiger partial charge in [0.25, 0.3) is 0 Å². The Morgan fingerprint density at radius 3 is 2.32 bits per heavy atom. The predicted octanol–water partition coefficient (Wildman–Crippen LogP) is 7.26. The molecular weight excluding hydrogens is 685 g/mol. The highest BCUT2D eigenvalue weighted by Gasteiger charge is 2.61. The summed E-state index contributed by atoms with van der Waals surface area (Å²) in [4.78, 5) is 31.8. The van der Waals surface area contributed by atoms with Gasteiger partial charge in [0, 0.05) is 30.9 Å². The summed E-state index contributed by atoms with van der Waals surface area (Å²) in [7, 11) is 3.16. The maximum absolute atomic E-state index is 13.3. The molecule has 4 aromatic rings. The molecule has 1 saturated heterocycles. The van der Waals surface area contributed by atoms with Gasteiger partial charge >= 0.3 is 18.3 Å². The topological polar surface area (TPSA) is 123 Å². The van der Waals surface area contributed by atoms with Crippen LogP contribution in [0.1, 0.15) is 31.7 Å². The number of anilines is 3. The molecular formula is C33H34F5N7O4S. The number of carbonyl (C=O) groups excluding carboxylic acids is 2. The Labute approximate surface area is 288 Å². The first-order valence-electron chi connectivity index (χ1n) is 15.4. The summed E-state index contributed by atoms with van der Waals surface area (Å²) in [6.45, 7) is 4.45. The van der Waals surface area contributed by atoms with Crippen molar-refractivity contribution < 1.29 is 41.0 Å². The van der Waals surface area contributed by atoms with Crippen LogP contribution in [0.4, 0.5) is 44.1 Å². The standard InChI is InChI=1S/C33H34F5N7O4S/c1-19(2)25-14-13-24(48-4)17-26(25)44-27(46)18-50-28(44)15-16-40-31(47)41-21-7-5-20(6-8-21)29-42-30(39-3)45(43-29)22-9-11-23(12-10-22)49-33(37,38)32(34,35)36/h5-14,17,19,28H,15-16,18H2,1-4H3,(H,39,42,43)(H2,40,41,47). The number of methoxy groups -OCH3 is 1. The van der Waals surface area contributed by atoms with Crippen LogP contribution in [0.2, 0.25) is 0 Å². The molecule has 266 valence electrons. The molecule has 1 fully saturated rings. The van der Waals surface area contributed by atoms with E-state index in [1.807, 2.05) is 18.2 Å². The number of carbonyl (C=O) groups is 2. The number of nitrogens with one attached hydrogen (secondary N) is 3. The van der Waals surface area contributed by atoms with Gasteiger partial charge < -0.3 is 25.4 Å². The molecule has 5 rings (SSSR count). The van der Waals surface area contributed by atoms with E-state index in [0.717, 1.165) is 23.4 Å². The van der Waals surface area contributed by atoms with Crippen LogP contribution in [-0.4, -0.2) is 70.8 Å². The molecule has 3 amide bonds. The van der Waals surface area contributed by atoms with Crippen LogP contribution >= 0.6 is 11.8 Å². The largest absolute Gasteiger partial charge is 0.499 e. The Kier molecular flexibility index (Phi) is 10.7. The van der Waals surface area contributed by atoms with E-state index in [4.69, 9.17) is 4.74 Å². The van der Waals surface area contributed by atoms with Crippen molar-refractivity contribution in [3.63, 3.8) is 0 Å². The summed E-state index contributed by atoms with van der Waals surface area (Å²) in [5, 5.41) is 12.7. The van der Waals surface area contributed by atoms with Gasteiger partial charge in [-0.1, -0.05) is 19.9 Å². The van der Waals surface area contributed by atoms with Crippen molar-refractivity contribution in [2.45, 2.75) is 43.8 Å². The van der Waals surface area contributed by atoms with Crippen LogP contribution in [0.25, 0.3) is 17.1 Å². The molecule has 0 radical (unpaired) electrons. The number of benzene rings is 3. The van der Waals surface area contributed by atoms with E-state index in [9.17, 15) is 31.5 Å². The number of thioether (sulfide) groups is 1. The van der Waals surface area contributed by atoms with Gasteiger partial charge in [-0.25, -0.2) is 4.79 Å². The molecule has 11 nitrogen and oxygen atoms in total. The van der Waals surface area contributed by atoms with Crippen molar-refractivity contribution >= 4 is 41.0 Å². The first kappa shape index (κ1) is 36.2. The quantitative estimate of drug-likeness (QED) is 0.131. The van der Waals surface area contributed by atoms with Crippen LogP contribution in [0, 0.1) is 0 Å². The van der Waals surface area contributed by atoms with Gasteiger partial charge in [-0.3, -0.25) is 9.69 Å². The lowest BCUT2D eigenvalue weighted by Gasteiger charge is -2.28. The number of halogens is 5. The minimum Gasteiger partial charge on any atom is -0.497 e. The Hall–Kier alpha value is -5.06. The molecule has 3 aromatic carbocycles. The van der Waals surface area contributed by atoms with Crippen molar-refractivity contribution in [1.29, 1.82) is 0 Å². The SMILES string of the molecule is CNc1nc(-c2ccc(NC(=O)NCCC3SCC(=O)N3c3cc(OC)ccc3C(C)C)cc2)nn1-c1ccc(OC(F)(F)C(F)(F)F)cc1. The number of urea groups is 1. The lowest BCUT2D eigenvalue weighted by molar-refractivity contribution is -0.360. The zero-order chi connectivity index (χ0) is 36.2. The van der Waals surface area contributed by atoms with Gasteiger partial charge in [-0.2, -0.15) is 31.6 Å². The number of rotatable bonds is 12. The minimum atomic E-state index is -5.86. The van der Waals surface area contributed by atoms with Gasteiger partial charge in [0.1, 0.15) is 11.5 Å². The number of amides is 3. The predicted molar refractivity (Wildman–Crippen MR) is 180 cm³/mol. The average Bonchev–Trinajstić information content (AvgIpc) is 3.67. The van der Waals surface area contributed by atoms with E-state index in [1.54, 1.807) is 43.3 Å². The number of aromatic nitrogens is 3. The Morgan fingerprint density at radius 1 is 1.02 bits per heavy atom. The third kappa shape index (κ3) is 8.04. The summed E-state index contributed by atoms with van der Waals surface area (Å²) < 4.78 is 74.6. The first-order valence-corrected chi connectivity index (χ1v) is 16.4. The maximum atomic E-state index is 13.3. The molecule has 17 heteroatoms. The monoisotopic (exact) mass is 719 g/mol. The molecule has 1 aromatic heterocycles. The van der Waals surface area contributed by atoms with Crippen molar-refractivity contribution in [3.05, 3.63) is 72.3 Å². The Balaban J connectivity index is 1.18. The zero-order valence-electron chi connectivity index (χ0n) is 27.3. The molecule has 1 unspecified atom stereocenters. The van der Waals surface area contributed by atoms with Gasteiger partial charge in [0.05, 0.1) is 29.6 Å². The molecule has 50 heavy (non-hydrogen) atoms. The van der Waals surface area contributed by atoms with Crippen LogP contribution in [0.5, 0.6) is 11.5 Å². The molecule has 2 heterocycles. The molecule has 1 aliphatic rings. The highest BCUT2D eigenvalue weighted by atomic mass is 32.2. The van der Waals surface area contributed by atoms with Gasteiger partial charge in [0.2, 0.25) is 11.9 Å². The molecule has 0 saturated carbocycles. The third-order valence-electron chi connectivity index (χ3n) is 7.64. The highest BCUT2D eigenvalue weighted by Crippen LogP contribution is 2.39. The molecule has 0 bridgehead atoms. The van der Waals surface area contributed by atoms with E-state index in [2.05, 4.69) is 44.6 Å². The fourth-order valence-electron chi connectivity index (χ4n) is 5.15. The Morgan fingerprint density at radius 2 is 1.70 bits per heavy atom. The zero-order valence-corrected chi connectivity index (χ0v) is 28.2. The van der Waals surface area contributed by atoms with Crippen LogP contribution in [-0.2, 0) is 4.79 Å². The summed E-state index contributed by atoms with van der Waals surface area (Å²) in [6, 6.07) is 16.4. The lowest BCUT2D eigenvalue weighted by atomic mass is 10.00. The molecule has 0 aliphatic carbocycles. The van der Waals surface area contributed by atoms with Gasteiger partial charge in [0.15, 0.2) is 5.82 Å². The molecule has 1 aliphatic heterocycles. The number of ether oxygens (including phenoxy) is 2. The van der Waals surface area contributed by atoms with Crippen molar-refractivity contribution in [2.24, 2.45) is 0 Å². The smallest absolute Gasteiger partial charge is 0.497 e. The minimum absolute atomic E-state index is 0.000525. The van der Waals surface area contributed by atoms with E-state index in [0.29, 0.717) is 41.4 Å². The fourth-order valence-corrected chi connectivity index (χ4v) is 6.28. The van der Waals surface area contributed by atoms with Crippen molar-refractivity contribution in [1.82, 2.24) is 20.1 Å². The second kappa shape index (κ2) is 14.8. The van der Waals surface area contributed by atoms with Crippen LogP contribution < -0.4 is 30.3 Å². The number of nitrogens with zero attached hydrogens (tertiary/aromatic N) is 4. The molecule has 3 N–H and O–H groups in total. The van der Waals surface area contributed by atoms with E-state index >= 15 is 0 Å². The van der Waals surface area contributed by atoms with E-state index in [1.165, 1.54) is 28.6 Å². The first-order chi connectivity index (χ1) is 23.7. The average molecular weight is 720 g/mol. The van der Waals surface area contributed by atoms with Crippen molar-refractivity contribution in [2.75, 3.05) is 42.0 Å². The summed E-state index contributed by atoms with van der Waals surface area (Å²) >= 11 is 1.52. The van der Waals surface area contributed by atoms with Gasteiger partial charge in [-0.05, 0) is 72.5 Å². The fraction of sp³-hybridized carbons (Fsp3) is 0.333. The second-order valence-corrected chi connectivity index (χ2v) is 12.6. The number of hydrogen-bond acceptors (Lipinski definition) is 8. The van der Waals surface area contributed by atoms with E-state index in [-0.39, 0.29) is 29.0 Å². The summed E-state index contributed by atoms with van der Waals surface area (Å²) in [6.07, 6.45) is -10.7. The van der Waals surface area contributed by atoms with E-state index < -0.39 is 24.1 Å². The highest BCUT2D eigenvalue weighted by molar-refractivity contribution is 8.01. The number of alkyl halides is 5. The van der Waals surface area contributed by atoms with Crippen molar-refractivity contribution in [3.8, 4) is 28.6 Å². The summed E-state index contributed by atoms with van der Waals surface area (Å²) in [5.41, 5.74) is 3.24. The van der Waals surface area contributed by atoms with Gasteiger partial charge in [-0.15, -0.1) is 16.9 Å². The second-order valence-electron chi connectivity index (χ2n) is 11.4. The van der Waals surface area contributed by atoms with Crippen LogP contribution in [0.3, 0.4) is 0 Å². The maximum Gasteiger partial charge on any atom is 0.499 e. The summed E-state index contributed by atoms with van der Waals surface area (Å²) in [5.74, 6) is 1.05. The normalized spacial score (nSPS) is 15.0. The molecule has 0 spiro atoms. The Bertz CT molecular complexity index is 1820. The number of hydrogen-bond donors (Lipinski definition) is 3. The lowest BCUT2D eigenvalue weighted by Crippen LogP contribution is -2.41. The van der Waals surface area contributed by atoms with Crippen LogP contribution in [0.15, 0.2) is 66.7 Å².